The molecule has 0 radical (unpaired) electrons. The molecule has 0 aliphatic heterocycles. The van der Waals surface area contributed by atoms with Crippen molar-refractivity contribution in [2.24, 2.45) is 0 Å². The van der Waals surface area contributed by atoms with Crippen LogP contribution in [0.3, 0.4) is 0 Å². The SMILES string of the molecule is Cc1c([N+](=O)[O-])cc(C(=O)Oc2ccc(-c3ccccc3)cc2Br)cc1[N+](=O)[O-]. The first-order valence-electron chi connectivity index (χ1n) is 8.28. The van der Waals surface area contributed by atoms with E-state index < -0.39 is 27.2 Å². The summed E-state index contributed by atoms with van der Waals surface area (Å²) < 4.78 is 5.79. The van der Waals surface area contributed by atoms with E-state index in [2.05, 4.69) is 15.9 Å². The standard InChI is InChI=1S/C20H13BrN2O6/c1-12-17(22(25)26)10-15(11-18(12)23(27)28)20(24)29-19-8-7-14(9-16(19)21)13-5-3-2-4-6-13/h2-11H,1H3. The topological polar surface area (TPSA) is 113 Å². The van der Waals surface area contributed by atoms with E-state index in [1.54, 1.807) is 18.2 Å². The van der Waals surface area contributed by atoms with Crippen LogP contribution in [-0.2, 0) is 0 Å². The fourth-order valence-electron chi connectivity index (χ4n) is 2.73. The highest BCUT2D eigenvalue weighted by Gasteiger charge is 2.26. The summed E-state index contributed by atoms with van der Waals surface area (Å²) in [7, 11) is 0. The molecule has 9 heteroatoms. The lowest BCUT2D eigenvalue weighted by molar-refractivity contribution is -0.395. The third-order valence-electron chi connectivity index (χ3n) is 4.22. The first-order chi connectivity index (χ1) is 13.8. The van der Waals surface area contributed by atoms with Gasteiger partial charge >= 0.3 is 5.97 Å². The number of nitro groups is 2. The molecule has 8 nitrogen and oxygen atoms in total. The van der Waals surface area contributed by atoms with Gasteiger partial charge in [-0.05, 0) is 46.1 Å². The Morgan fingerprint density at radius 1 is 0.897 bits per heavy atom. The summed E-state index contributed by atoms with van der Waals surface area (Å²) in [4.78, 5) is 33.3. The van der Waals surface area contributed by atoms with Crippen LogP contribution < -0.4 is 4.74 Å². The number of carbonyl (C=O) groups excluding carboxylic acids is 1. The van der Waals surface area contributed by atoms with Gasteiger partial charge in [0.1, 0.15) is 11.3 Å². The molecule has 0 heterocycles. The Hall–Kier alpha value is -3.59. The molecule has 0 unspecified atom stereocenters. The smallest absolute Gasteiger partial charge is 0.344 e. The minimum atomic E-state index is -0.940. The van der Waals surface area contributed by atoms with Gasteiger partial charge in [0, 0.05) is 12.1 Å². The molecular formula is C20H13BrN2O6. The Balaban J connectivity index is 1.92. The van der Waals surface area contributed by atoms with Crippen LogP contribution in [0.4, 0.5) is 11.4 Å². The van der Waals surface area contributed by atoms with Gasteiger partial charge in [-0.15, -0.1) is 0 Å². The quantitative estimate of drug-likeness (QED) is 0.218. The van der Waals surface area contributed by atoms with Crippen molar-refractivity contribution in [3.8, 4) is 16.9 Å². The van der Waals surface area contributed by atoms with Crippen LogP contribution in [-0.4, -0.2) is 15.8 Å². The van der Waals surface area contributed by atoms with Gasteiger partial charge in [-0.25, -0.2) is 4.79 Å². The van der Waals surface area contributed by atoms with Crippen LogP contribution in [0.2, 0.25) is 0 Å². The van der Waals surface area contributed by atoms with E-state index in [4.69, 9.17) is 4.74 Å². The summed E-state index contributed by atoms with van der Waals surface area (Å²) in [6.45, 7) is 1.25. The van der Waals surface area contributed by atoms with Crippen molar-refractivity contribution in [2.45, 2.75) is 6.92 Å². The first-order valence-corrected chi connectivity index (χ1v) is 9.08. The molecule has 0 fully saturated rings. The summed E-state index contributed by atoms with van der Waals surface area (Å²) in [5.41, 5.74) is 0.391. The highest BCUT2D eigenvalue weighted by atomic mass is 79.9. The van der Waals surface area contributed by atoms with E-state index in [9.17, 15) is 25.0 Å². The molecule has 0 aliphatic carbocycles. The lowest BCUT2D eigenvalue weighted by atomic mass is 10.1. The van der Waals surface area contributed by atoms with Gasteiger partial charge in [0.15, 0.2) is 0 Å². The number of benzene rings is 3. The number of nitro benzene ring substituents is 2. The van der Waals surface area contributed by atoms with Gasteiger partial charge in [0.2, 0.25) is 0 Å². The number of hydrogen-bond acceptors (Lipinski definition) is 6. The number of carbonyl (C=O) groups is 1. The number of ether oxygens (including phenoxy) is 1. The number of esters is 1. The molecule has 0 spiro atoms. The van der Waals surface area contributed by atoms with Gasteiger partial charge in [0.05, 0.1) is 19.9 Å². The van der Waals surface area contributed by atoms with E-state index in [0.717, 1.165) is 23.3 Å². The molecule has 0 aromatic heterocycles. The fourth-order valence-corrected chi connectivity index (χ4v) is 3.19. The van der Waals surface area contributed by atoms with Crippen molar-refractivity contribution in [3.63, 3.8) is 0 Å². The second kappa shape index (κ2) is 8.19. The molecular weight excluding hydrogens is 444 g/mol. The van der Waals surface area contributed by atoms with E-state index in [1.165, 1.54) is 6.92 Å². The summed E-state index contributed by atoms with van der Waals surface area (Å²) in [6, 6.07) is 16.6. The molecule has 3 aromatic rings. The van der Waals surface area contributed by atoms with E-state index in [-0.39, 0.29) is 16.9 Å². The molecule has 146 valence electrons. The molecule has 0 amide bonds. The average molecular weight is 457 g/mol. The fraction of sp³-hybridized carbons (Fsp3) is 0.0500. The van der Waals surface area contributed by atoms with E-state index >= 15 is 0 Å². The van der Waals surface area contributed by atoms with Gasteiger partial charge < -0.3 is 4.74 Å². The van der Waals surface area contributed by atoms with Gasteiger partial charge in [-0.3, -0.25) is 20.2 Å². The highest BCUT2D eigenvalue weighted by Crippen LogP contribution is 2.33. The molecule has 0 bridgehead atoms. The second-order valence-electron chi connectivity index (χ2n) is 6.05. The van der Waals surface area contributed by atoms with Crippen LogP contribution >= 0.6 is 15.9 Å². The Labute approximate surface area is 173 Å². The number of rotatable bonds is 5. The Morgan fingerprint density at radius 2 is 1.48 bits per heavy atom. The molecule has 29 heavy (non-hydrogen) atoms. The largest absolute Gasteiger partial charge is 0.422 e. The number of hydrogen-bond donors (Lipinski definition) is 0. The Bertz CT molecular complexity index is 1100. The van der Waals surface area contributed by atoms with Crippen molar-refractivity contribution >= 4 is 33.3 Å². The molecule has 0 aliphatic rings. The van der Waals surface area contributed by atoms with Gasteiger partial charge in [-0.1, -0.05) is 36.4 Å². The van der Waals surface area contributed by atoms with Crippen molar-refractivity contribution in [1.82, 2.24) is 0 Å². The zero-order valence-corrected chi connectivity index (χ0v) is 16.6. The summed E-state index contributed by atoms with van der Waals surface area (Å²) in [5, 5.41) is 22.4. The van der Waals surface area contributed by atoms with Crippen LogP contribution in [0.15, 0.2) is 65.1 Å². The van der Waals surface area contributed by atoms with E-state index in [1.807, 2.05) is 30.3 Å². The summed E-state index contributed by atoms with van der Waals surface area (Å²) in [5.74, 6) is -0.759. The maximum atomic E-state index is 12.5. The Kier molecular flexibility index (Phi) is 5.69. The maximum Gasteiger partial charge on any atom is 0.344 e. The van der Waals surface area contributed by atoms with Crippen LogP contribution in [0, 0.1) is 27.2 Å². The lowest BCUT2D eigenvalue weighted by Crippen LogP contribution is -2.11. The average Bonchev–Trinajstić information content (AvgIpc) is 2.69. The molecule has 0 saturated heterocycles. The lowest BCUT2D eigenvalue weighted by Gasteiger charge is -2.09. The molecule has 0 saturated carbocycles. The highest BCUT2D eigenvalue weighted by molar-refractivity contribution is 9.10. The maximum absolute atomic E-state index is 12.5. The predicted molar refractivity (Wildman–Crippen MR) is 109 cm³/mol. The summed E-state index contributed by atoms with van der Waals surface area (Å²) >= 11 is 3.34. The predicted octanol–water partition coefficient (Wildman–Crippen LogP) is 5.46. The first kappa shape index (κ1) is 20.2. The normalized spacial score (nSPS) is 10.4. The minimum absolute atomic E-state index is 0.134. The van der Waals surface area contributed by atoms with Gasteiger partial charge in [0.25, 0.3) is 11.4 Å². The number of halogens is 1. The van der Waals surface area contributed by atoms with Crippen molar-refractivity contribution in [3.05, 3.63) is 96.5 Å². The third-order valence-corrected chi connectivity index (χ3v) is 4.84. The molecule has 3 rings (SSSR count). The minimum Gasteiger partial charge on any atom is -0.422 e. The van der Waals surface area contributed by atoms with Crippen molar-refractivity contribution in [2.75, 3.05) is 0 Å². The second-order valence-corrected chi connectivity index (χ2v) is 6.91. The van der Waals surface area contributed by atoms with Crippen molar-refractivity contribution < 1.29 is 19.4 Å². The van der Waals surface area contributed by atoms with Gasteiger partial charge in [-0.2, -0.15) is 0 Å². The zero-order valence-electron chi connectivity index (χ0n) is 15.0. The Morgan fingerprint density at radius 3 is 2.00 bits per heavy atom. The van der Waals surface area contributed by atoms with E-state index in [0.29, 0.717) is 4.47 Å². The van der Waals surface area contributed by atoms with Crippen LogP contribution in [0.25, 0.3) is 11.1 Å². The third kappa shape index (κ3) is 4.30. The summed E-state index contributed by atoms with van der Waals surface area (Å²) in [6.07, 6.45) is 0. The number of nitrogens with zero attached hydrogens (tertiary/aromatic N) is 2. The molecule has 3 aromatic carbocycles. The monoisotopic (exact) mass is 456 g/mol. The van der Waals surface area contributed by atoms with Crippen LogP contribution in [0.1, 0.15) is 15.9 Å². The molecule has 0 N–H and O–H groups in total. The van der Waals surface area contributed by atoms with Crippen molar-refractivity contribution in [1.29, 1.82) is 0 Å². The van der Waals surface area contributed by atoms with Crippen LogP contribution in [0.5, 0.6) is 5.75 Å². The zero-order chi connectivity index (χ0) is 21.1. The molecule has 0 atom stereocenters.